The molecule has 0 N–H and O–H groups in total. The van der Waals surface area contributed by atoms with E-state index in [0.29, 0.717) is 29.4 Å². The molecule has 0 bridgehead atoms. The standard InChI is InChI=1S/C37H35NO6S.ClH/c1-45(40,41)33-18-10-27(11-19-33)34-20-12-29-26-32(44-37(39)28-8-4-2-5-9-28)17-21-35(29)36(34)43-31-15-13-30(14-16-31)42-25-24-38-22-6-3-7-23-38;/h2,4-5,8-21,26H,3,6-7,22-25H2,1H3;1H. The number of piperidine rings is 1. The minimum absolute atomic E-state index is 0. The first-order chi connectivity index (χ1) is 21.8. The molecule has 9 heteroatoms. The zero-order valence-corrected chi connectivity index (χ0v) is 27.2. The first-order valence-corrected chi connectivity index (χ1v) is 17.0. The van der Waals surface area contributed by atoms with Crippen molar-refractivity contribution in [3.05, 3.63) is 115 Å². The predicted molar refractivity (Wildman–Crippen MR) is 183 cm³/mol. The predicted octanol–water partition coefficient (Wildman–Crippen LogP) is 8.21. The smallest absolute Gasteiger partial charge is 0.343 e. The van der Waals surface area contributed by atoms with E-state index in [1.54, 1.807) is 60.7 Å². The van der Waals surface area contributed by atoms with Gasteiger partial charge in [-0.15, -0.1) is 12.4 Å². The van der Waals surface area contributed by atoms with Crippen molar-refractivity contribution in [3.63, 3.8) is 0 Å². The maximum Gasteiger partial charge on any atom is 0.343 e. The van der Waals surface area contributed by atoms with E-state index in [-0.39, 0.29) is 17.3 Å². The Balaban J connectivity index is 0.00000417. The number of ether oxygens (including phenoxy) is 3. The molecule has 46 heavy (non-hydrogen) atoms. The average Bonchev–Trinajstić information content (AvgIpc) is 3.06. The lowest BCUT2D eigenvalue weighted by Crippen LogP contribution is -2.33. The number of hydrogen-bond donors (Lipinski definition) is 0. The fourth-order valence-corrected chi connectivity index (χ4v) is 6.13. The molecule has 238 valence electrons. The highest BCUT2D eigenvalue weighted by Gasteiger charge is 2.16. The maximum atomic E-state index is 12.7. The summed E-state index contributed by atoms with van der Waals surface area (Å²) < 4.78 is 42.3. The summed E-state index contributed by atoms with van der Waals surface area (Å²) in [4.78, 5) is 15.4. The second-order valence-corrected chi connectivity index (χ2v) is 13.2. The van der Waals surface area contributed by atoms with Crippen molar-refractivity contribution in [1.82, 2.24) is 4.90 Å². The zero-order valence-electron chi connectivity index (χ0n) is 25.6. The lowest BCUT2D eigenvalue weighted by Gasteiger charge is -2.26. The third-order valence-electron chi connectivity index (χ3n) is 7.92. The van der Waals surface area contributed by atoms with E-state index in [0.717, 1.165) is 47.3 Å². The second kappa shape index (κ2) is 14.8. The first kappa shape index (κ1) is 33.0. The van der Waals surface area contributed by atoms with Gasteiger partial charge in [-0.3, -0.25) is 4.90 Å². The number of rotatable bonds is 10. The highest BCUT2D eigenvalue weighted by atomic mass is 35.5. The summed E-state index contributed by atoms with van der Waals surface area (Å²) >= 11 is 0. The molecule has 7 nitrogen and oxygen atoms in total. The number of benzene rings is 5. The normalized spacial score (nSPS) is 13.5. The summed E-state index contributed by atoms with van der Waals surface area (Å²) in [6.45, 7) is 3.82. The van der Waals surface area contributed by atoms with Gasteiger partial charge in [0, 0.05) is 23.8 Å². The van der Waals surface area contributed by atoms with Crippen molar-refractivity contribution in [2.75, 3.05) is 32.5 Å². The summed E-state index contributed by atoms with van der Waals surface area (Å²) in [5, 5.41) is 1.62. The molecule has 0 saturated carbocycles. The van der Waals surface area contributed by atoms with Crippen LogP contribution in [0.5, 0.6) is 23.0 Å². The average molecular weight is 658 g/mol. The van der Waals surface area contributed by atoms with Crippen LogP contribution in [0.2, 0.25) is 0 Å². The molecule has 5 aromatic carbocycles. The van der Waals surface area contributed by atoms with Gasteiger partial charge in [0.1, 0.15) is 29.6 Å². The molecule has 1 aliphatic rings. The van der Waals surface area contributed by atoms with Crippen LogP contribution in [0.15, 0.2) is 114 Å². The molecule has 6 rings (SSSR count). The monoisotopic (exact) mass is 657 g/mol. The lowest BCUT2D eigenvalue weighted by molar-refractivity contribution is 0.0735. The quantitative estimate of drug-likeness (QED) is 0.111. The molecule has 0 atom stereocenters. The number of sulfone groups is 1. The highest BCUT2D eigenvalue weighted by Crippen LogP contribution is 2.41. The Kier molecular flexibility index (Phi) is 10.6. The van der Waals surface area contributed by atoms with E-state index < -0.39 is 15.8 Å². The van der Waals surface area contributed by atoms with Crippen LogP contribution in [0.4, 0.5) is 0 Å². The molecular formula is C37H36ClNO6S. The Hall–Kier alpha value is -4.37. The third-order valence-corrected chi connectivity index (χ3v) is 9.05. The van der Waals surface area contributed by atoms with Crippen molar-refractivity contribution in [1.29, 1.82) is 0 Å². The molecule has 1 fully saturated rings. The van der Waals surface area contributed by atoms with Crippen LogP contribution in [0.25, 0.3) is 21.9 Å². The molecule has 0 aliphatic carbocycles. The van der Waals surface area contributed by atoms with Gasteiger partial charge in [0.2, 0.25) is 0 Å². The van der Waals surface area contributed by atoms with Crippen molar-refractivity contribution in [3.8, 4) is 34.1 Å². The summed E-state index contributed by atoms with van der Waals surface area (Å²) in [6.07, 6.45) is 5.01. The summed E-state index contributed by atoms with van der Waals surface area (Å²) in [7, 11) is -3.33. The minimum Gasteiger partial charge on any atom is -0.492 e. The molecule has 1 saturated heterocycles. The Labute approximate surface area is 276 Å². The molecule has 5 aromatic rings. The van der Waals surface area contributed by atoms with Gasteiger partial charge in [-0.2, -0.15) is 0 Å². The van der Waals surface area contributed by atoms with Crippen molar-refractivity contribution in [2.24, 2.45) is 0 Å². The second-order valence-electron chi connectivity index (χ2n) is 11.2. The van der Waals surface area contributed by atoms with E-state index in [1.165, 1.54) is 25.5 Å². The van der Waals surface area contributed by atoms with Gasteiger partial charge < -0.3 is 14.2 Å². The first-order valence-electron chi connectivity index (χ1n) is 15.1. The van der Waals surface area contributed by atoms with E-state index in [1.807, 2.05) is 48.5 Å². The van der Waals surface area contributed by atoms with Gasteiger partial charge in [0.25, 0.3) is 0 Å². The molecule has 1 aliphatic heterocycles. The maximum absolute atomic E-state index is 12.7. The Bertz CT molecular complexity index is 1890. The number of hydrogen-bond acceptors (Lipinski definition) is 7. The van der Waals surface area contributed by atoms with Gasteiger partial charge in [-0.1, -0.05) is 42.8 Å². The number of likely N-dealkylation sites (tertiary alicyclic amines) is 1. The van der Waals surface area contributed by atoms with Crippen LogP contribution in [0, 0.1) is 0 Å². The number of halogens is 1. The van der Waals surface area contributed by atoms with Crippen LogP contribution in [-0.4, -0.2) is 51.8 Å². The highest BCUT2D eigenvalue weighted by molar-refractivity contribution is 7.90. The van der Waals surface area contributed by atoms with Crippen molar-refractivity contribution >= 4 is 39.0 Å². The zero-order chi connectivity index (χ0) is 31.2. The van der Waals surface area contributed by atoms with Gasteiger partial charge in [-0.25, -0.2) is 13.2 Å². The van der Waals surface area contributed by atoms with Crippen LogP contribution >= 0.6 is 12.4 Å². The van der Waals surface area contributed by atoms with E-state index in [9.17, 15) is 13.2 Å². The molecule has 0 aromatic heterocycles. The summed E-state index contributed by atoms with van der Waals surface area (Å²) in [6, 6.07) is 32.4. The van der Waals surface area contributed by atoms with Crippen molar-refractivity contribution < 1.29 is 27.4 Å². The van der Waals surface area contributed by atoms with E-state index >= 15 is 0 Å². The number of esters is 1. The summed E-state index contributed by atoms with van der Waals surface area (Å²) in [5.74, 6) is 1.98. The Morgan fingerprint density at radius 2 is 1.43 bits per heavy atom. The van der Waals surface area contributed by atoms with Crippen LogP contribution in [-0.2, 0) is 9.84 Å². The molecular weight excluding hydrogens is 622 g/mol. The fourth-order valence-electron chi connectivity index (χ4n) is 5.50. The van der Waals surface area contributed by atoms with Gasteiger partial charge in [0.05, 0.1) is 10.5 Å². The molecule has 0 unspecified atom stereocenters. The number of carbonyl (C=O) groups excluding carboxylic acids is 1. The van der Waals surface area contributed by atoms with Gasteiger partial charge >= 0.3 is 5.97 Å². The van der Waals surface area contributed by atoms with E-state index in [2.05, 4.69) is 4.90 Å². The Morgan fingerprint density at radius 3 is 2.13 bits per heavy atom. The molecule has 0 radical (unpaired) electrons. The number of nitrogens with zero attached hydrogens (tertiary/aromatic N) is 1. The number of fused-ring (bicyclic) bond motifs is 1. The molecule has 0 spiro atoms. The SMILES string of the molecule is CS(=O)(=O)c1ccc(-c2ccc3cc(OC(=O)c4ccccc4)ccc3c2Oc2ccc(OCCN3CCCCC3)cc2)cc1.Cl. The topological polar surface area (TPSA) is 82.1 Å². The Morgan fingerprint density at radius 1 is 0.761 bits per heavy atom. The van der Waals surface area contributed by atoms with Crippen LogP contribution in [0.3, 0.4) is 0 Å². The largest absolute Gasteiger partial charge is 0.492 e. The third kappa shape index (κ3) is 8.07. The van der Waals surface area contributed by atoms with Gasteiger partial charge in [-0.05, 0) is 110 Å². The summed E-state index contributed by atoms with van der Waals surface area (Å²) in [5.41, 5.74) is 2.06. The van der Waals surface area contributed by atoms with E-state index in [4.69, 9.17) is 14.2 Å². The molecule has 1 heterocycles. The molecule has 0 amide bonds. The minimum atomic E-state index is -3.33. The fraction of sp³-hybridized carbons (Fsp3) is 0.216. The van der Waals surface area contributed by atoms with Gasteiger partial charge in [0.15, 0.2) is 9.84 Å². The van der Waals surface area contributed by atoms with Crippen molar-refractivity contribution in [2.45, 2.75) is 24.2 Å². The van der Waals surface area contributed by atoms with Crippen LogP contribution in [0.1, 0.15) is 29.6 Å². The van der Waals surface area contributed by atoms with Crippen LogP contribution < -0.4 is 14.2 Å². The number of carbonyl (C=O) groups is 1. The lowest BCUT2D eigenvalue weighted by atomic mass is 9.99.